The summed E-state index contributed by atoms with van der Waals surface area (Å²) in [6.07, 6.45) is -4.35. The molecule has 94 valence electrons. The Hall–Kier alpha value is -0.970. The van der Waals surface area contributed by atoms with Gasteiger partial charge in [-0.3, -0.25) is 4.79 Å². The van der Waals surface area contributed by atoms with Gasteiger partial charge in [-0.15, -0.1) is 11.8 Å². The largest absolute Gasteiger partial charge is 0.416 e. The Morgan fingerprint density at radius 1 is 1.24 bits per heavy atom. The first-order chi connectivity index (χ1) is 7.63. The Morgan fingerprint density at radius 3 is 2.29 bits per heavy atom. The Morgan fingerprint density at radius 2 is 1.82 bits per heavy atom. The van der Waals surface area contributed by atoms with E-state index in [1.165, 1.54) is 13.0 Å². The van der Waals surface area contributed by atoms with Crippen molar-refractivity contribution in [3.8, 4) is 0 Å². The molecule has 0 N–H and O–H groups in total. The highest BCUT2D eigenvalue weighted by Crippen LogP contribution is 2.36. The summed E-state index contributed by atoms with van der Waals surface area (Å²) in [5.74, 6) is -0.0695. The molecular formula is C12H13F3OS. The fourth-order valence-corrected chi connectivity index (χ4v) is 2.17. The number of benzene rings is 1. The van der Waals surface area contributed by atoms with E-state index in [-0.39, 0.29) is 5.78 Å². The van der Waals surface area contributed by atoms with Crippen LogP contribution in [0.1, 0.15) is 26.3 Å². The van der Waals surface area contributed by atoms with Gasteiger partial charge in [-0.2, -0.15) is 13.2 Å². The second kappa shape index (κ2) is 4.72. The van der Waals surface area contributed by atoms with Crippen molar-refractivity contribution in [3.05, 3.63) is 29.8 Å². The van der Waals surface area contributed by atoms with Crippen LogP contribution in [0.25, 0.3) is 0 Å². The van der Waals surface area contributed by atoms with Crippen molar-refractivity contribution in [2.75, 3.05) is 0 Å². The Balaban J connectivity index is 2.98. The highest BCUT2D eigenvalue weighted by molar-refractivity contribution is 8.01. The molecule has 0 aliphatic carbocycles. The van der Waals surface area contributed by atoms with E-state index in [1.807, 2.05) is 0 Å². The fourth-order valence-electron chi connectivity index (χ4n) is 1.10. The maximum absolute atomic E-state index is 12.5. The lowest BCUT2D eigenvalue weighted by Gasteiger charge is -2.20. The van der Waals surface area contributed by atoms with Gasteiger partial charge in [0.15, 0.2) is 0 Å². The van der Waals surface area contributed by atoms with Crippen LogP contribution in [0, 0.1) is 0 Å². The maximum atomic E-state index is 12.5. The van der Waals surface area contributed by atoms with Gasteiger partial charge in [-0.1, -0.05) is 6.07 Å². The van der Waals surface area contributed by atoms with E-state index >= 15 is 0 Å². The molecule has 0 saturated carbocycles. The van der Waals surface area contributed by atoms with Gasteiger partial charge in [0.2, 0.25) is 0 Å². The molecule has 1 nitrogen and oxygen atoms in total. The molecule has 5 heteroatoms. The molecule has 0 aromatic heterocycles. The summed E-state index contributed by atoms with van der Waals surface area (Å²) < 4.78 is 36.7. The zero-order chi connectivity index (χ0) is 13.3. The van der Waals surface area contributed by atoms with E-state index < -0.39 is 16.5 Å². The molecule has 0 amide bonds. The number of hydrogen-bond donors (Lipinski definition) is 0. The number of ketones is 1. The van der Waals surface area contributed by atoms with E-state index in [1.54, 1.807) is 19.9 Å². The zero-order valence-electron chi connectivity index (χ0n) is 9.76. The third kappa shape index (κ3) is 3.77. The summed E-state index contributed by atoms with van der Waals surface area (Å²) >= 11 is 1.13. The van der Waals surface area contributed by atoms with E-state index in [2.05, 4.69) is 0 Å². The minimum atomic E-state index is -4.35. The molecule has 0 fully saturated rings. The van der Waals surface area contributed by atoms with Crippen LogP contribution in [0.2, 0.25) is 0 Å². The molecule has 0 unspecified atom stereocenters. The lowest BCUT2D eigenvalue weighted by molar-refractivity contribution is -0.137. The van der Waals surface area contributed by atoms with Crippen LogP contribution in [-0.4, -0.2) is 10.5 Å². The number of hydrogen-bond acceptors (Lipinski definition) is 2. The van der Waals surface area contributed by atoms with Gasteiger partial charge in [0.05, 0.1) is 10.3 Å². The normalized spacial score (nSPS) is 12.6. The van der Waals surface area contributed by atoms with Crippen LogP contribution < -0.4 is 0 Å². The van der Waals surface area contributed by atoms with Crippen molar-refractivity contribution in [1.82, 2.24) is 0 Å². The monoisotopic (exact) mass is 262 g/mol. The van der Waals surface area contributed by atoms with Gasteiger partial charge in [-0.25, -0.2) is 0 Å². The molecule has 0 atom stereocenters. The molecule has 0 heterocycles. The van der Waals surface area contributed by atoms with Crippen molar-refractivity contribution in [2.24, 2.45) is 0 Å². The molecule has 0 aliphatic rings. The second-order valence-corrected chi connectivity index (χ2v) is 5.89. The Bertz CT molecular complexity index is 424. The minimum Gasteiger partial charge on any atom is -0.298 e. The van der Waals surface area contributed by atoms with Crippen molar-refractivity contribution in [2.45, 2.75) is 36.6 Å². The number of thioether (sulfide) groups is 1. The lowest BCUT2D eigenvalue weighted by Crippen LogP contribution is -2.24. The van der Waals surface area contributed by atoms with Crippen molar-refractivity contribution in [1.29, 1.82) is 0 Å². The molecule has 17 heavy (non-hydrogen) atoms. The number of rotatable bonds is 3. The molecule has 0 bridgehead atoms. The molecule has 1 rings (SSSR count). The summed E-state index contributed by atoms with van der Waals surface area (Å²) in [4.78, 5) is 11.8. The fraction of sp³-hybridized carbons (Fsp3) is 0.417. The van der Waals surface area contributed by atoms with Crippen LogP contribution >= 0.6 is 11.8 Å². The molecule has 1 aromatic carbocycles. The summed E-state index contributed by atoms with van der Waals surface area (Å²) in [7, 11) is 0. The van der Waals surface area contributed by atoms with Gasteiger partial charge in [0.25, 0.3) is 0 Å². The van der Waals surface area contributed by atoms with Gasteiger partial charge in [0.1, 0.15) is 5.78 Å². The number of carbonyl (C=O) groups is 1. The average molecular weight is 262 g/mol. The van der Waals surface area contributed by atoms with Crippen molar-refractivity contribution < 1.29 is 18.0 Å². The summed E-state index contributed by atoms with van der Waals surface area (Å²) in [6.45, 7) is 4.82. The standard InChI is InChI=1S/C12H13F3OS/c1-8(16)11(2,3)17-10-6-4-5-9(7-10)12(13,14)15/h4-7H,1-3H3. The second-order valence-electron chi connectivity index (χ2n) is 4.19. The molecule has 1 aromatic rings. The van der Waals surface area contributed by atoms with Crippen LogP contribution in [0.3, 0.4) is 0 Å². The Kier molecular flexibility index (Phi) is 3.91. The molecule has 0 aliphatic heterocycles. The van der Waals surface area contributed by atoms with Crippen molar-refractivity contribution >= 4 is 17.5 Å². The van der Waals surface area contributed by atoms with Crippen LogP contribution in [-0.2, 0) is 11.0 Å². The first kappa shape index (κ1) is 14.1. The lowest BCUT2D eigenvalue weighted by atomic mass is 10.1. The Labute approximate surface area is 102 Å². The predicted molar refractivity (Wildman–Crippen MR) is 62.1 cm³/mol. The first-order valence-corrected chi connectivity index (χ1v) is 5.82. The smallest absolute Gasteiger partial charge is 0.298 e. The third-order valence-corrected chi connectivity index (χ3v) is 3.67. The summed E-state index contributed by atoms with van der Waals surface area (Å²) in [5.41, 5.74) is -0.693. The van der Waals surface area contributed by atoms with E-state index in [0.717, 1.165) is 23.9 Å². The van der Waals surface area contributed by atoms with Gasteiger partial charge in [-0.05, 0) is 39.0 Å². The zero-order valence-corrected chi connectivity index (χ0v) is 10.6. The maximum Gasteiger partial charge on any atom is 0.416 e. The topological polar surface area (TPSA) is 17.1 Å². The van der Waals surface area contributed by atoms with Crippen LogP contribution in [0.5, 0.6) is 0 Å². The van der Waals surface area contributed by atoms with Gasteiger partial charge in [0, 0.05) is 4.90 Å². The number of halogens is 3. The molecule has 0 saturated heterocycles. The molecular weight excluding hydrogens is 249 g/mol. The minimum absolute atomic E-state index is 0.0695. The van der Waals surface area contributed by atoms with Gasteiger partial charge >= 0.3 is 6.18 Å². The highest BCUT2D eigenvalue weighted by atomic mass is 32.2. The van der Waals surface area contributed by atoms with Gasteiger partial charge < -0.3 is 0 Å². The quantitative estimate of drug-likeness (QED) is 0.761. The number of alkyl halides is 3. The third-order valence-electron chi connectivity index (χ3n) is 2.38. The SMILES string of the molecule is CC(=O)C(C)(C)Sc1cccc(C(F)(F)F)c1. The molecule has 0 spiro atoms. The van der Waals surface area contributed by atoms with Crippen LogP contribution in [0.4, 0.5) is 13.2 Å². The first-order valence-electron chi connectivity index (χ1n) is 5.00. The number of carbonyl (C=O) groups excluding carboxylic acids is 1. The number of Topliss-reactive ketones (excluding diaryl/α,β-unsaturated/α-hetero) is 1. The van der Waals surface area contributed by atoms with E-state index in [0.29, 0.717) is 4.90 Å². The van der Waals surface area contributed by atoms with Crippen LogP contribution in [0.15, 0.2) is 29.2 Å². The average Bonchev–Trinajstić information content (AvgIpc) is 2.15. The van der Waals surface area contributed by atoms with Crippen molar-refractivity contribution in [3.63, 3.8) is 0 Å². The summed E-state index contributed by atoms with van der Waals surface area (Å²) in [6, 6.07) is 5.01. The highest BCUT2D eigenvalue weighted by Gasteiger charge is 2.31. The van der Waals surface area contributed by atoms with E-state index in [9.17, 15) is 18.0 Å². The summed E-state index contributed by atoms with van der Waals surface area (Å²) in [5, 5.41) is 0. The predicted octanol–water partition coefficient (Wildman–Crippen LogP) is 4.17. The van der Waals surface area contributed by atoms with E-state index in [4.69, 9.17) is 0 Å². The molecule has 0 radical (unpaired) electrons.